The van der Waals surface area contributed by atoms with Gasteiger partial charge in [0.1, 0.15) is 0 Å². The minimum absolute atomic E-state index is 0.129. The van der Waals surface area contributed by atoms with Gasteiger partial charge in [0.05, 0.1) is 16.1 Å². The largest absolute Gasteiger partial charge is 0.288 e. The molecular weight excluding hydrogens is 372 g/mol. The van der Waals surface area contributed by atoms with Crippen molar-refractivity contribution < 1.29 is 13.2 Å². The smallest absolute Gasteiger partial charge is 0.261 e. The average molecular weight is 388 g/mol. The number of sulfonamides is 1. The monoisotopic (exact) mass is 388 g/mol. The molecule has 1 aromatic heterocycles. The van der Waals surface area contributed by atoms with Gasteiger partial charge in [-0.25, -0.2) is 8.42 Å². The fourth-order valence-corrected chi connectivity index (χ4v) is 4.11. The lowest BCUT2D eigenvalue weighted by Crippen LogP contribution is -2.16. The van der Waals surface area contributed by atoms with E-state index in [0.717, 1.165) is 5.39 Å². The summed E-state index contributed by atoms with van der Waals surface area (Å²) in [6.07, 6.45) is 1.63. The molecule has 3 aromatic carbocycles. The maximum absolute atomic E-state index is 13.2. The second kappa shape index (κ2) is 7.25. The number of benzene rings is 3. The van der Waals surface area contributed by atoms with Crippen LogP contribution in [0.2, 0.25) is 0 Å². The molecule has 0 aliphatic rings. The van der Waals surface area contributed by atoms with E-state index in [-0.39, 0.29) is 21.9 Å². The van der Waals surface area contributed by atoms with Crippen molar-refractivity contribution >= 4 is 32.4 Å². The molecule has 4 aromatic rings. The molecule has 4 rings (SSSR count). The lowest BCUT2D eigenvalue weighted by molar-refractivity contribution is 0.104. The molecular formula is C22H16N2O3S. The summed E-state index contributed by atoms with van der Waals surface area (Å²) in [5, 5.41) is 0.843. The highest BCUT2D eigenvalue weighted by Crippen LogP contribution is 2.25. The van der Waals surface area contributed by atoms with Gasteiger partial charge >= 0.3 is 0 Å². The van der Waals surface area contributed by atoms with Gasteiger partial charge in [-0.1, -0.05) is 48.5 Å². The number of anilines is 1. The van der Waals surface area contributed by atoms with E-state index in [1.54, 1.807) is 66.9 Å². The minimum Gasteiger partial charge on any atom is -0.288 e. The Morgan fingerprint density at radius 3 is 2.25 bits per heavy atom. The molecule has 0 radical (unpaired) electrons. The maximum atomic E-state index is 13.2. The van der Waals surface area contributed by atoms with E-state index in [2.05, 4.69) is 9.71 Å². The molecule has 6 heteroatoms. The Labute approximate surface area is 162 Å². The van der Waals surface area contributed by atoms with Crippen LogP contribution in [0, 0.1) is 0 Å². The number of ketones is 1. The number of pyridine rings is 1. The Balaban J connectivity index is 1.77. The van der Waals surface area contributed by atoms with Crippen molar-refractivity contribution in [1.82, 2.24) is 4.98 Å². The van der Waals surface area contributed by atoms with Crippen LogP contribution in [0.5, 0.6) is 0 Å². The molecule has 0 saturated carbocycles. The van der Waals surface area contributed by atoms with E-state index in [9.17, 15) is 13.2 Å². The van der Waals surface area contributed by atoms with E-state index in [0.29, 0.717) is 11.1 Å². The number of fused-ring (bicyclic) bond motifs is 1. The predicted molar refractivity (Wildman–Crippen MR) is 109 cm³/mol. The first-order valence-electron chi connectivity index (χ1n) is 8.61. The van der Waals surface area contributed by atoms with Crippen LogP contribution in [0.1, 0.15) is 15.9 Å². The molecule has 1 N–H and O–H groups in total. The number of nitrogens with one attached hydrogen (secondary N) is 1. The summed E-state index contributed by atoms with van der Waals surface area (Å²) in [5.74, 6) is -0.296. The second-order valence-corrected chi connectivity index (χ2v) is 7.86. The fourth-order valence-electron chi connectivity index (χ4n) is 3.01. The third kappa shape index (κ3) is 3.37. The molecule has 0 saturated heterocycles. The van der Waals surface area contributed by atoms with Gasteiger partial charge in [0.2, 0.25) is 0 Å². The molecule has 0 spiro atoms. The van der Waals surface area contributed by atoms with Gasteiger partial charge < -0.3 is 0 Å². The molecule has 0 aliphatic carbocycles. The first kappa shape index (κ1) is 17.9. The van der Waals surface area contributed by atoms with Crippen LogP contribution in [0.15, 0.2) is 96.0 Å². The second-order valence-electron chi connectivity index (χ2n) is 6.17. The van der Waals surface area contributed by atoms with Gasteiger partial charge in [-0.15, -0.1) is 0 Å². The van der Waals surface area contributed by atoms with Gasteiger partial charge in [-0.05, 0) is 36.4 Å². The topological polar surface area (TPSA) is 76.1 Å². The van der Waals surface area contributed by atoms with Crippen molar-refractivity contribution in [2.75, 3.05) is 4.72 Å². The zero-order valence-electron chi connectivity index (χ0n) is 14.7. The Morgan fingerprint density at radius 1 is 0.750 bits per heavy atom. The lowest BCUT2D eigenvalue weighted by Gasteiger charge is -2.13. The number of rotatable bonds is 5. The Morgan fingerprint density at radius 2 is 1.43 bits per heavy atom. The van der Waals surface area contributed by atoms with E-state index in [4.69, 9.17) is 0 Å². The van der Waals surface area contributed by atoms with Crippen molar-refractivity contribution in [3.8, 4) is 0 Å². The van der Waals surface area contributed by atoms with Gasteiger partial charge in [-0.3, -0.25) is 14.5 Å². The van der Waals surface area contributed by atoms with Gasteiger partial charge in [0.25, 0.3) is 10.0 Å². The van der Waals surface area contributed by atoms with E-state index in [1.807, 2.05) is 12.1 Å². The molecule has 1 heterocycles. The Hall–Kier alpha value is -3.51. The van der Waals surface area contributed by atoms with Crippen LogP contribution in [-0.2, 0) is 10.0 Å². The van der Waals surface area contributed by atoms with Gasteiger partial charge in [-0.2, -0.15) is 0 Å². The molecule has 5 nitrogen and oxygen atoms in total. The maximum Gasteiger partial charge on any atom is 0.261 e. The lowest BCUT2D eigenvalue weighted by atomic mass is 9.99. The summed E-state index contributed by atoms with van der Waals surface area (Å²) in [6, 6.07) is 23.6. The summed E-state index contributed by atoms with van der Waals surface area (Å²) in [6.45, 7) is 0. The summed E-state index contributed by atoms with van der Waals surface area (Å²) < 4.78 is 27.9. The first-order chi connectivity index (χ1) is 13.6. The number of carbonyl (C=O) groups excluding carboxylic acids is 1. The Kier molecular flexibility index (Phi) is 4.63. The highest BCUT2D eigenvalue weighted by molar-refractivity contribution is 7.92. The number of carbonyl (C=O) groups is 1. The molecule has 0 atom stereocenters. The van der Waals surface area contributed by atoms with Crippen LogP contribution < -0.4 is 4.72 Å². The van der Waals surface area contributed by atoms with Crippen LogP contribution in [0.4, 0.5) is 5.69 Å². The van der Waals surface area contributed by atoms with Crippen LogP contribution in [-0.4, -0.2) is 19.2 Å². The summed E-state index contributed by atoms with van der Waals surface area (Å²) >= 11 is 0. The molecule has 0 amide bonds. The van der Waals surface area contributed by atoms with E-state index >= 15 is 0 Å². The van der Waals surface area contributed by atoms with Crippen molar-refractivity contribution in [3.63, 3.8) is 0 Å². The van der Waals surface area contributed by atoms with E-state index in [1.165, 1.54) is 12.1 Å². The third-order valence-corrected chi connectivity index (χ3v) is 5.73. The molecule has 28 heavy (non-hydrogen) atoms. The summed E-state index contributed by atoms with van der Waals surface area (Å²) in [5.41, 5.74) is 1.49. The highest BCUT2D eigenvalue weighted by Gasteiger charge is 2.20. The minimum atomic E-state index is -3.81. The zero-order valence-corrected chi connectivity index (χ0v) is 15.6. The summed E-state index contributed by atoms with van der Waals surface area (Å²) in [7, 11) is -3.81. The molecule has 138 valence electrons. The van der Waals surface area contributed by atoms with Crippen molar-refractivity contribution in [1.29, 1.82) is 0 Å². The van der Waals surface area contributed by atoms with Crippen LogP contribution in [0.25, 0.3) is 10.9 Å². The number of aromatic nitrogens is 1. The third-order valence-electron chi connectivity index (χ3n) is 4.35. The first-order valence-corrected chi connectivity index (χ1v) is 10.1. The quantitative estimate of drug-likeness (QED) is 0.518. The molecule has 0 bridgehead atoms. The highest BCUT2D eigenvalue weighted by atomic mass is 32.2. The molecule has 0 aliphatic heterocycles. The Bertz CT molecular complexity index is 1260. The average Bonchev–Trinajstić information content (AvgIpc) is 2.73. The van der Waals surface area contributed by atoms with Gasteiger partial charge in [0.15, 0.2) is 5.78 Å². The van der Waals surface area contributed by atoms with Gasteiger partial charge in [0, 0.05) is 22.7 Å². The molecule has 0 unspecified atom stereocenters. The van der Waals surface area contributed by atoms with Crippen molar-refractivity contribution in [2.45, 2.75) is 4.90 Å². The zero-order chi connectivity index (χ0) is 19.6. The van der Waals surface area contributed by atoms with Crippen molar-refractivity contribution in [3.05, 3.63) is 102 Å². The fraction of sp³-hybridized carbons (Fsp3) is 0. The molecule has 0 fully saturated rings. The number of hydrogen-bond acceptors (Lipinski definition) is 4. The SMILES string of the molecule is O=C(c1ccccc1NS(=O)(=O)c1ccccc1)c1cccc2cccnc12. The van der Waals surface area contributed by atoms with E-state index < -0.39 is 10.0 Å². The van der Waals surface area contributed by atoms with Crippen molar-refractivity contribution in [2.24, 2.45) is 0 Å². The number of nitrogens with zero attached hydrogens (tertiary/aromatic N) is 1. The standard InChI is InChI=1S/C22H16N2O3S/c25-22(19-13-6-8-16-9-7-15-23-21(16)19)18-12-4-5-14-20(18)24-28(26,27)17-10-2-1-3-11-17/h1-15,24H. The number of hydrogen-bond donors (Lipinski definition) is 1. The predicted octanol–water partition coefficient (Wildman–Crippen LogP) is 4.27. The normalized spacial score (nSPS) is 11.3. The van der Waals surface area contributed by atoms with Crippen LogP contribution >= 0.6 is 0 Å². The summed E-state index contributed by atoms with van der Waals surface area (Å²) in [4.78, 5) is 17.7. The number of para-hydroxylation sites is 2. The van der Waals surface area contributed by atoms with Crippen LogP contribution in [0.3, 0.4) is 0 Å².